The Labute approximate surface area is 206 Å². The van der Waals surface area contributed by atoms with Crippen LogP contribution in [0.4, 0.5) is 18.9 Å². The number of rotatable bonds is 5. The number of amides is 1. The molecule has 2 aromatic rings. The molecule has 0 radical (unpaired) electrons. The van der Waals surface area contributed by atoms with Crippen molar-refractivity contribution in [3.05, 3.63) is 52.6 Å². The fraction of sp³-hybridized carbons (Fsp3) is 0.409. The lowest BCUT2D eigenvalue weighted by Crippen LogP contribution is -2.64. The lowest BCUT2D eigenvalue weighted by atomic mass is 9.86. The van der Waals surface area contributed by atoms with Crippen molar-refractivity contribution in [2.45, 2.75) is 49.3 Å². The van der Waals surface area contributed by atoms with Gasteiger partial charge < -0.3 is 15.8 Å². The van der Waals surface area contributed by atoms with Gasteiger partial charge in [-0.2, -0.15) is 8.78 Å². The van der Waals surface area contributed by atoms with Crippen molar-refractivity contribution in [3.8, 4) is 5.75 Å². The Morgan fingerprint density at radius 2 is 2.06 bits per heavy atom. The Balaban J connectivity index is 1.68. The molecule has 0 unspecified atom stereocenters. The summed E-state index contributed by atoms with van der Waals surface area (Å²) < 4.78 is 60.3. The number of thiol groups is 1. The number of carbonyl (C=O) groups is 1. The van der Waals surface area contributed by atoms with Crippen LogP contribution in [0.2, 0.25) is 5.02 Å². The highest BCUT2D eigenvalue weighted by atomic mass is 35.5. The minimum Gasteiger partial charge on any atom is -0.433 e. The van der Waals surface area contributed by atoms with Crippen molar-refractivity contribution in [1.29, 1.82) is 0 Å². The molecule has 2 aliphatic heterocycles. The van der Waals surface area contributed by atoms with Crippen LogP contribution in [-0.2, 0) is 15.7 Å². The predicted molar refractivity (Wildman–Crippen MR) is 129 cm³/mol. The van der Waals surface area contributed by atoms with Crippen LogP contribution >= 0.6 is 11.6 Å². The number of amidine groups is 1. The summed E-state index contributed by atoms with van der Waals surface area (Å²) in [5.41, 5.74) is 5.09. The summed E-state index contributed by atoms with van der Waals surface area (Å²) in [6.07, 6.45) is 1.45. The normalized spacial score (nSPS) is 25.5. The molecule has 35 heavy (non-hydrogen) atoms. The smallest absolute Gasteiger partial charge is 0.387 e. The first-order valence-electron chi connectivity index (χ1n) is 10.7. The van der Waals surface area contributed by atoms with Crippen LogP contribution in [0.1, 0.15) is 43.2 Å². The van der Waals surface area contributed by atoms with Gasteiger partial charge in [-0.3, -0.25) is 18.7 Å². The molecule has 1 saturated heterocycles. The average molecular weight is 532 g/mol. The first-order chi connectivity index (χ1) is 16.3. The third kappa shape index (κ3) is 4.17. The molecule has 1 fully saturated rings. The number of hydrogen-bond donors (Lipinski definition) is 4. The number of carbonyl (C=O) groups excluding carboxylic acids is 1. The van der Waals surface area contributed by atoms with Crippen LogP contribution in [0.5, 0.6) is 5.75 Å². The quantitative estimate of drug-likeness (QED) is 0.441. The fourth-order valence-electron chi connectivity index (χ4n) is 4.69. The van der Waals surface area contributed by atoms with Crippen molar-refractivity contribution in [3.63, 3.8) is 0 Å². The molecule has 4 N–H and O–H groups in total. The molecule has 0 aliphatic carbocycles. The van der Waals surface area contributed by atoms with E-state index in [0.29, 0.717) is 13.0 Å². The van der Waals surface area contributed by atoms with E-state index < -0.39 is 44.0 Å². The van der Waals surface area contributed by atoms with Crippen LogP contribution < -0.4 is 20.5 Å². The number of anilines is 1. The van der Waals surface area contributed by atoms with E-state index in [0.717, 1.165) is 12.3 Å². The predicted octanol–water partition coefficient (Wildman–Crippen LogP) is 3.39. The van der Waals surface area contributed by atoms with Crippen LogP contribution in [0.15, 0.2) is 35.5 Å². The van der Waals surface area contributed by atoms with E-state index in [1.807, 2.05) is 0 Å². The van der Waals surface area contributed by atoms with E-state index in [4.69, 9.17) is 17.3 Å². The maximum absolute atomic E-state index is 15.1. The Morgan fingerprint density at radius 3 is 2.71 bits per heavy atom. The highest BCUT2D eigenvalue weighted by Crippen LogP contribution is 2.49. The Kier molecular flexibility index (Phi) is 6.35. The first kappa shape index (κ1) is 25.4. The summed E-state index contributed by atoms with van der Waals surface area (Å²) in [6.45, 7) is 2.62. The van der Waals surface area contributed by atoms with Crippen molar-refractivity contribution >= 4 is 39.1 Å². The molecule has 1 aromatic heterocycles. The second-order valence-electron chi connectivity index (χ2n) is 9.10. The standard InChI is InChI=1S/C22H25ClF3N5O3S/c1-21(2)19(27)31-22(3,16-6-7-29-35(16,21)33)13-8-11(4-5-15(13)24)30-18(32)17-14(23)9-12(10-28-17)34-20(25)26/h4-5,8-10,16,20,35H,6-7H2,1-3H3,(H2,27,31)(H,29,33)(H,30,32)/t16-,22-/m1/s1. The monoisotopic (exact) mass is 531 g/mol. The van der Waals surface area contributed by atoms with Gasteiger partial charge in [-0.15, -0.1) is 0 Å². The number of halogens is 4. The van der Waals surface area contributed by atoms with Gasteiger partial charge in [0.1, 0.15) is 28.6 Å². The van der Waals surface area contributed by atoms with Crippen LogP contribution in [0.25, 0.3) is 0 Å². The zero-order valence-corrected chi connectivity index (χ0v) is 20.8. The number of benzene rings is 1. The molecular weight excluding hydrogens is 507 g/mol. The van der Waals surface area contributed by atoms with Gasteiger partial charge in [0.2, 0.25) is 0 Å². The van der Waals surface area contributed by atoms with Gasteiger partial charge in [-0.1, -0.05) is 11.6 Å². The van der Waals surface area contributed by atoms with Crippen LogP contribution in [-0.4, -0.2) is 44.1 Å². The molecule has 13 heteroatoms. The Hall–Kier alpha value is -2.70. The molecule has 2 atom stereocenters. The molecule has 8 nitrogen and oxygen atoms in total. The third-order valence-corrected chi connectivity index (χ3v) is 11.2. The SMILES string of the molecule is CC1(C)C(N)=N[C@](C)(c2cc(NC(=O)c3ncc(OC(F)F)cc3Cl)ccc2F)[C@H]2CCN[SH]21=O. The number of fused-ring (bicyclic) bond motifs is 1. The van der Waals surface area contributed by atoms with Gasteiger partial charge >= 0.3 is 6.61 Å². The molecular formula is C22H25ClF3N5O3S. The van der Waals surface area contributed by atoms with E-state index >= 15 is 4.39 Å². The molecule has 1 aromatic carbocycles. The van der Waals surface area contributed by atoms with E-state index in [2.05, 4.69) is 24.8 Å². The van der Waals surface area contributed by atoms with Gasteiger partial charge in [0.05, 0.1) is 21.2 Å². The minimum absolute atomic E-state index is 0.127. The maximum Gasteiger partial charge on any atom is 0.387 e. The number of ether oxygens (including phenoxy) is 1. The lowest BCUT2D eigenvalue weighted by Gasteiger charge is -2.50. The van der Waals surface area contributed by atoms with Crippen LogP contribution in [0, 0.1) is 5.82 Å². The van der Waals surface area contributed by atoms with Crippen LogP contribution in [0.3, 0.4) is 0 Å². The number of nitrogens with two attached hydrogens (primary N) is 1. The second kappa shape index (κ2) is 8.75. The number of pyridine rings is 1. The van der Waals surface area contributed by atoms with Crippen molar-refractivity contribution in [2.75, 3.05) is 11.9 Å². The van der Waals surface area contributed by atoms with Gasteiger partial charge in [-0.05, 0) is 55.5 Å². The summed E-state index contributed by atoms with van der Waals surface area (Å²) in [5.74, 6) is -1.49. The van der Waals surface area contributed by atoms with Gasteiger partial charge in [0.25, 0.3) is 5.91 Å². The molecule has 190 valence electrons. The number of nitrogens with zero attached hydrogens (tertiary/aromatic N) is 2. The highest BCUT2D eigenvalue weighted by Gasteiger charge is 2.58. The summed E-state index contributed by atoms with van der Waals surface area (Å²) in [5, 5.41) is 1.86. The molecule has 0 bridgehead atoms. The summed E-state index contributed by atoms with van der Waals surface area (Å²) in [4.78, 5) is 21.2. The molecule has 2 aliphatic rings. The Bertz CT molecular complexity index is 1270. The number of alkyl halides is 2. The van der Waals surface area contributed by atoms with Gasteiger partial charge in [0, 0.05) is 23.9 Å². The number of nitrogens with one attached hydrogen (secondary N) is 2. The molecule has 1 amide bonds. The van der Waals surface area contributed by atoms with Gasteiger partial charge in [-0.25, -0.2) is 9.37 Å². The summed E-state index contributed by atoms with van der Waals surface area (Å²) >= 11 is 6.02. The zero-order chi connectivity index (χ0) is 25.8. The van der Waals surface area contributed by atoms with Crippen molar-refractivity contribution < 1.29 is 26.9 Å². The number of aromatic nitrogens is 1. The number of hydrogen-bond acceptors (Lipinski definition) is 6. The largest absolute Gasteiger partial charge is 0.433 e. The lowest BCUT2D eigenvalue weighted by molar-refractivity contribution is -0.0500. The maximum atomic E-state index is 15.1. The second-order valence-corrected chi connectivity index (χ2v) is 12.9. The molecule has 0 spiro atoms. The van der Waals surface area contributed by atoms with Crippen molar-refractivity contribution in [2.24, 2.45) is 10.7 Å². The highest BCUT2D eigenvalue weighted by molar-refractivity contribution is 8.04. The summed E-state index contributed by atoms with van der Waals surface area (Å²) in [6, 6.07) is 4.96. The van der Waals surface area contributed by atoms with E-state index in [1.54, 1.807) is 20.8 Å². The van der Waals surface area contributed by atoms with E-state index in [9.17, 15) is 17.8 Å². The summed E-state index contributed by atoms with van der Waals surface area (Å²) in [7, 11) is -3.10. The number of aliphatic imine (C=N–C) groups is 1. The first-order valence-corrected chi connectivity index (χ1v) is 12.9. The molecule has 3 heterocycles. The molecule has 0 saturated carbocycles. The fourth-order valence-corrected chi connectivity index (χ4v) is 8.58. The average Bonchev–Trinajstić information content (AvgIpc) is 3.18. The van der Waals surface area contributed by atoms with Gasteiger partial charge in [0.15, 0.2) is 0 Å². The minimum atomic E-state index is -3.10. The van der Waals surface area contributed by atoms with Crippen molar-refractivity contribution in [1.82, 2.24) is 9.71 Å². The topological polar surface area (TPSA) is 119 Å². The third-order valence-electron chi connectivity index (χ3n) is 6.69. The Morgan fingerprint density at radius 1 is 1.34 bits per heavy atom. The van der Waals surface area contributed by atoms with E-state index in [1.165, 1.54) is 18.2 Å². The van der Waals surface area contributed by atoms with E-state index in [-0.39, 0.29) is 33.6 Å². The zero-order valence-electron chi connectivity index (χ0n) is 19.1. The molecule has 4 rings (SSSR count).